The highest BCUT2D eigenvalue weighted by Crippen LogP contribution is 2.49. The van der Waals surface area contributed by atoms with Gasteiger partial charge in [0.1, 0.15) is 23.3 Å². The smallest absolute Gasteiger partial charge is 0.207 e. The van der Waals surface area contributed by atoms with Crippen molar-refractivity contribution in [3.63, 3.8) is 0 Å². The molecule has 206 valence electrons. The Kier molecular flexibility index (Phi) is 9.98. The van der Waals surface area contributed by atoms with Crippen molar-refractivity contribution in [2.45, 2.75) is 128 Å². The van der Waals surface area contributed by atoms with Gasteiger partial charge in [-0.2, -0.15) is 5.26 Å². The second kappa shape index (κ2) is 13.0. The van der Waals surface area contributed by atoms with Crippen LogP contribution in [0.1, 0.15) is 133 Å². The van der Waals surface area contributed by atoms with Gasteiger partial charge in [0.15, 0.2) is 0 Å². The first-order valence-electron chi connectivity index (χ1n) is 15.1. The Hall–Kier alpha value is -1.57. The summed E-state index contributed by atoms with van der Waals surface area (Å²) < 4.78 is 58.7. The molecule has 1 aromatic rings. The van der Waals surface area contributed by atoms with Crippen molar-refractivity contribution < 1.29 is 17.6 Å². The largest absolute Gasteiger partial charge is 0.251 e. The molecule has 0 saturated heterocycles. The number of nitrogens with zero attached hydrogens (tertiary/aromatic N) is 1. The van der Waals surface area contributed by atoms with Crippen LogP contribution in [-0.4, -0.2) is 5.92 Å². The van der Waals surface area contributed by atoms with E-state index in [-0.39, 0.29) is 18.3 Å². The molecular weight excluding hydrogens is 474 g/mol. The highest BCUT2D eigenvalue weighted by molar-refractivity contribution is 5.36. The minimum Gasteiger partial charge on any atom is -0.207 e. The van der Waals surface area contributed by atoms with E-state index in [0.29, 0.717) is 50.0 Å². The van der Waals surface area contributed by atoms with E-state index in [0.717, 1.165) is 24.7 Å². The second-order valence-corrected chi connectivity index (χ2v) is 12.5. The van der Waals surface area contributed by atoms with Crippen LogP contribution in [0.15, 0.2) is 12.1 Å². The Morgan fingerprint density at radius 3 is 1.86 bits per heavy atom. The third-order valence-corrected chi connectivity index (χ3v) is 10.2. The van der Waals surface area contributed by atoms with Crippen molar-refractivity contribution in [1.82, 2.24) is 0 Å². The van der Waals surface area contributed by atoms with Crippen LogP contribution in [-0.2, 0) is 0 Å². The van der Waals surface area contributed by atoms with Crippen LogP contribution in [0.2, 0.25) is 0 Å². The first-order chi connectivity index (χ1) is 17.8. The fourth-order valence-corrected chi connectivity index (χ4v) is 7.83. The van der Waals surface area contributed by atoms with E-state index >= 15 is 8.78 Å². The molecule has 1 nitrogen and oxygen atoms in total. The molecule has 0 unspecified atom stereocenters. The van der Waals surface area contributed by atoms with Crippen molar-refractivity contribution in [1.29, 1.82) is 5.26 Å². The third kappa shape index (κ3) is 7.30. The lowest BCUT2D eigenvalue weighted by atomic mass is 9.67. The molecule has 0 aromatic heterocycles. The van der Waals surface area contributed by atoms with Crippen LogP contribution in [0.5, 0.6) is 0 Å². The van der Waals surface area contributed by atoms with E-state index in [1.165, 1.54) is 63.5 Å². The van der Waals surface area contributed by atoms with Gasteiger partial charge >= 0.3 is 0 Å². The van der Waals surface area contributed by atoms with E-state index in [4.69, 9.17) is 5.26 Å². The molecule has 0 radical (unpaired) electrons. The van der Waals surface area contributed by atoms with Crippen molar-refractivity contribution in [2.24, 2.45) is 29.6 Å². The first-order valence-corrected chi connectivity index (χ1v) is 15.1. The lowest BCUT2D eigenvalue weighted by molar-refractivity contribution is -0.0979. The number of alkyl halides is 2. The summed E-state index contributed by atoms with van der Waals surface area (Å²) in [5, 5.41) is 8.87. The average molecular weight is 520 g/mol. The molecule has 0 N–H and O–H groups in total. The van der Waals surface area contributed by atoms with E-state index < -0.39 is 29.0 Å². The topological polar surface area (TPSA) is 23.8 Å². The van der Waals surface area contributed by atoms with Gasteiger partial charge in [-0.3, -0.25) is 0 Å². The van der Waals surface area contributed by atoms with Crippen LogP contribution in [0, 0.1) is 52.6 Å². The monoisotopic (exact) mass is 519 g/mol. The molecule has 0 amide bonds. The number of hydrogen-bond acceptors (Lipinski definition) is 1. The van der Waals surface area contributed by atoms with Gasteiger partial charge in [-0.1, -0.05) is 45.4 Å². The maximum absolute atomic E-state index is 15.3. The van der Waals surface area contributed by atoms with Gasteiger partial charge < -0.3 is 0 Å². The molecule has 0 aliphatic heterocycles. The van der Waals surface area contributed by atoms with Crippen molar-refractivity contribution in [3.8, 4) is 6.07 Å². The number of benzene rings is 1. The van der Waals surface area contributed by atoms with Gasteiger partial charge in [-0.05, 0) is 111 Å². The number of hydrogen-bond donors (Lipinski definition) is 0. The fraction of sp³-hybridized carbons (Fsp3) is 0.781. The molecule has 0 spiro atoms. The minimum absolute atomic E-state index is 0.0277. The summed E-state index contributed by atoms with van der Waals surface area (Å²) >= 11 is 0. The molecular formula is C32H45F4N. The van der Waals surface area contributed by atoms with Gasteiger partial charge in [0.2, 0.25) is 0 Å². The van der Waals surface area contributed by atoms with Gasteiger partial charge in [0.05, 0.1) is 0 Å². The SMILES string of the molecule is CCCCCC1CCC(C2CCC(C(F)(F)CC3CCC(c4cc(F)c(C#N)c(F)c4)CC3)CC2)CC1. The van der Waals surface area contributed by atoms with E-state index in [1.54, 1.807) is 6.07 Å². The predicted molar refractivity (Wildman–Crippen MR) is 140 cm³/mol. The van der Waals surface area contributed by atoms with Crippen LogP contribution < -0.4 is 0 Å². The molecule has 3 aliphatic carbocycles. The molecule has 0 atom stereocenters. The zero-order valence-electron chi connectivity index (χ0n) is 22.6. The first kappa shape index (κ1) is 28.4. The molecule has 0 heterocycles. The van der Waals surface area contributed by atoms with E-state index in [2.05, 4.69) is 6.92 Å². The molecule has 1 aromatic carbocycles. The maximum atomic E-state index is 15.3. The average Bonchev–Trinajstić information content (AvgIpc) is 2.89. The summed E-state index contributed by atoms with van der Waals surface area (Å²) in [4.78, 5) is 0. The lowest BCUT2D eigenvalue weighted by Crippen LogP contribution is -2.36. The Morgan fingerprint density at radius 1 is 0.784 bits per heavy atom. The molecule has 0 bridgehead atoms. The third-order valence-electron chi connectivity index (χ3n) is 10.2. The van der Waals surface area contributed by atoms with Crippen LogP contribution in [0.4, 0.5) is 17.6 Å². The highest BCUT2D eigenvalue weighted by Gasteiger charge is 2.44. The molecule has 4 rings (SSSR count). The van der Waals surface area contributed by atoms with Crippen LogP contribution in [0.25, 0.3) is 0 Å². The molecule has 37 heavy (non-hydrogen) atoms. The highest BCUT2D eigenvalue weighted by atomic mass is 19.3. The lowest BCUT2D eigenvalue weighted by Gasteiger charge is -2.40. The minimum atomic E-state index is -2.62. The molecule has 5 heteroatoms. The van der Waals surface area contributed by atoms with Gasteiger partial charge in [0, 0.05) is 12.3 Å². The van der Waals surface area contributed by atoms with E-state index in [9.17, 15) is 8.78 Å². The fourth-order valence-electron chi connectivity index (χ4n) is 7.83. The second-order valence-electron chi connectivity index (χ2n) is 12.5. The van der Waals surface area contributed by atoms with Crippen LogP contribution in [0.3, 0.4) is 0 Å². The molecule has 3 aliphatic rings. The van der Waals surface area contributed by atoms with Crippen molar-refractivity contribution in [2.75, 3.05) is 0 Å². The maximum Gasteiger partial charge on any atom is 0.251 e. The van der Waals surface area contributed by atoms with Crippen molar-refractivity contribution in [3.05, 3.63) is 34.9 Å². The summed E-state index contributed by atoms with van der Waals surface area (Å²) in [6.45, 7) is 2.26. The summed E-state index contributed by atoms with van der Waals surface area (Å²) in [6.07, 6.45) is 16.5. The van der Waals surface area contributed by atoms with Gasteiger partial charge in [-0.15, -0.1) is 0 Å². The summed E-state index contributed by atoms with van der Waals surface area (Å²) in [6, 6.07) is 4.05. The van der Waals surface area contributed by atoms with Gasteiger partial charge in [-0.25, -0.2) is 17.6 Å². The standard InChI is InChI=1S/C32H45F4N/c1-2-3-4-5-22-6-10-24(11-7-22)25-14-16-28(17-15-25)32(35,36)20-23-8-12-26(13-9-23)27-18-30(33)29(21-37)31(34)19-27/h18-19,22-26,28H,2-17,20H2,1H3. The summed E-state index contributed by atoms with van der Waals surface area (Å²) in [5.41, 5.74) is -0.00517. The molecule has 3 fully saturated rings. The Labute approximate surface area is 221 Å². The zero-order valence-corrected chi connectivity index (χ0v) is 22.6. The quantitative estimate of drug-likeness (QED) is 0.235. The Morgan fingerprint density at radius 2 is 1.32 bits per heavy atom. The number of unbranched alkanes of at least 4 members (excludes halogenated alkanes) is 2. The number of nitriles is 1. The normalized spacial score (nSPS) is 31.1. The Bertz CT molecular complexity index is 875. The predicted octanol–water partition coefficient (Wildman–Crippen LogP) is 10.3. The number of rotatable bonds is 9. The molecule has 3 saturated carbocycles. The van der Waals surface area contributed by atoms with E-state index in [1.807, 2.05) is 0 Å². The van der Waals surface area contributed by atoms with Gasteiger partial charge in [0.25, 0.3) is 5.92 Å². The zero-order chi connectivity index (χ0) is 26.4. The number of halogens is 4. The van der Waals surface area contributed by atoms with Crippen LogP contribution >= 0.6 is 0 Å². The summed E-state index contributed by atoms with van der Waals surface area (Å²) in [5.74, 6) is -2.53. The summed E-state index contributed by atoms with van der Waals surface area (Å²) in [7, 11) is 0. The van der Waals surface area contributed by atoms with Crippen molar-refractivity contribution >= 4 is 0 Å². The Balaban J connectivity index is 1.20.